The van der Waals surface area contributed by atoms with Crippen molar-refractivity contribution in [1.82, 2.24) is 9.88 Å². The second kappa shape index (κ2) is 5.74. The number of nitrogens with zero attached hydrogens (tertiary/aromatic N) is 1. The molecule has 0 unspecified atom stereocenters. The van der Waals surface area contributed by atoms with E-state index in [-0.39, 0.29) is 30.1 Å². The Kier molecular flexibility index (Phi) is 3.56. The summed E-state index contributed by atoms with van der Waals surface area (Å²) in [5, 5.41) is 0.653. The molecule has 0 bridgehead atoms. The van der Waals surface area contributed by atoms with Crippen molar-refractivity contribution in [3.05, 3.63) is 71.4 Å². The molecule has 1 amide bonds. The van der Waals surface area contributed by atoms with E-state index in [0.29, 0.717) is 22.2 Å². The molecule has 24 heavy (non-hydrogen) atoms. The number of hydrogen-bond acceptors (Lipinski definition) is 1. The van der Waals surface area contributed by atoms with Gasteiger partial charge in [-0.25, -0.2) is 8.78 Å². The molecule has 1 heterocycles. The summed E-state index contributed by atoms with van der Waals surface area (Å²) in [7, 11) is 0. The van der Waals surface area contributed by atoms with Gasteiger partial charge in [-0.15, -0.1) is 0 Å². The average molecular weight is 326 g/mol. The Hall–Kier alpha value is -2.69. The average Bonchev–Trinajstić information content (AvgIpc) is 3.32. The molecule has 1 aliphatic rings. The van der Waals surface area contributed by atoms with Gasteiger partial charge in [-0.1, -0.05) is 18.2 Å². The number of nitrogens with one attached hydrogen (secondary N) is 1. The molecule has 3 aromatic rings. The second-order valence-electron chi connectivity index (χ2n) is 6.17. The second-order valence-corrected chi connectivity index (χ2v) is 6.17. The number of benzene rings is 2. The van der Waals surface area contributed by atoms with Crippen LogP contribution in [0.4, 0.5) is 8.78 Å². The van der Waals surface area contributed by atoms with Crippen molar-refractivity contribution in [3.63, 3.8) is 0 Å². The van der Waals surface area contributed by atoms with Crippen LogP contribution in [0.3, 0.4) is 0 Å². The van der Waals surface area contributed by atoms with Crippen molar-refractivity contribution in [2.75, 3.05) is 0 Å². The number of aromatic nitrogens is 1. The molecule has 3 nitrogen and oxygen atoms in total. The minimum absolute atomic E-state index is 0.139. The molecule has 1 fully saturated rings. The van der Waals surface area contributed by atoms with Gasteiger partial charge in [-0.2, -0.15) is 0 Å². The Balaban J connectivity index is 1.65. The van der Waals surface area contributed by atoms with Gasteiger partial charge in [0.05, 0.1) is 0 Å². The van der Waals surface area contributed by atoms with E-state index in [1.165, 1.54) is 18.2 Å². The Morgan fingerprint density at radius 1 is 1.12 bits per heavy atom. The third-order valence-electron chi connectivity index (χ3n) is 4.36. The van der Waals surface area contributed by atoms with Crippen LogP contribution in [0.25, 0.3) is 10.9 Å². The summed E-state index contributed by atoms with van der Waals surface area (Å²) in [5.74, 6) is -0.835. The van der Waals surface area contributed by atoms with Crippen LogP contribution in [-0.2, 0) is 6.54 Å². The Labute approximate surface area is 137 Å². The molecular weight excluding hydrogens is 310 g/mol. The first-order valence-corrected chi connectivity index (χ1v) is 7.94. The van der Waals surface area contributed by atoms with E-state index in [1.54, 1.807) is 35.2 Å². The van der Waals surface area contributed by atoms with Crippen molar-refractivity contribution in [3.8, 4) is 0 Å². The third kappa shape index (κ3) is 2.77. The Morgan fingerprint density at radius 2 is 1.92 bits per heavy atom. The van der Waals surface area contributed by atoms with Gasteiger partial charge in [-0.3, -0.25) is 4.79 Å². The molecule has 2 aromatic carbocycles. The molecule has 0 aliphatic heterocycles. The standard InChI is InChI=1S/C19H16F2N2O/c20-14-5-8-17-13(9-14)10-18(22-17)19(24)23(15-6-7-15)11-12-3-1-2-4-16(12)21/h1-5,8-10,15,22H,6-7,11H2. The van der Waals surface area contributed by atoms with E-state index < -0.39 is 0 Å². The van der Waals surface area contributed by atoms with E-state index >= 15 is 0 Å². The fourth-order valence-electron chi connectivity index (χ4n) is 2.94. The van der Waals surface area contributed by atoms with Crippen molar-refractivity contribution < 1.29 is 13.6 Å². The van der Waals surface area contributed by atoms with Crippen molar-refractivity contribution >= 4 is 16.8 Å². The van der Waals surface area contributed by atoms with E-state index in [9.17, 15) is 13.6 Å². The fraction of sp³-hybridized carbons (Fsp3) is 0.211. The lowest BCUT2D eigenvalue weighted by molar-refractivity contribution is 0.0723. The molecule has 1 aliphatic carbocycles. The molecule has 0 saturated heterocycles. The zero-order chi connectivity index (χ0) is 16.7. The summed E-state index contributed by atoms with van der Waals surface area (Å²) in [5.41, 5.74) is 1.61. The van der Waals surface area contributed by atoms with Gasteiger partial charge in [0.1, 0.15) is 17.3 Å². The van der Waals surface area contributed by atoms with Crippen LogP contribution in [0.2, 0.25) is 0 Å². The predicted molar refractivity (Wildman–Crippen MR) is 87.6 cm³/mol. The zero-order valence-corrected chi connectivity index (χ0v) is 12.9. The number of H-pyrrole nitrogens is 1. The fourth-order valence-corrected chi connectivity index (χ4v) is 2.94. The minimum atomic E-state index is -0.342. The van der Waals surface area contributed by atoms with Gasteiger partial charge in [0, 0.05) is 29.1 Å². The van der Waals surface area contributed by atoms with E-state index in [0.717, 1.165) is 12.8 Å². The smallest absolute Gasteiger partial charge is 0.270 e. The number of aromatic amines is 1. The molecule has 5 heteroatoms. The van der Waals surface area contributed by atoms with Crippen LogP contribution in [0.1, 0.15) is 28.9 Å². The lowest BCUT2D eigenvalue weighted by Crippen LogP contribution is -2.33. The molecular formula is C19H16F2N2O. The molecule has 1 saturated carbocycles. The highest BCUT2D eigenvalue weighted by molar-refractivity contribution is 5.98. The van der Waals surface area contributed by atoms with Crippen molar-refractivity contribution in [2.45, 2.75) is 25.4 Å². The summed E-state index contributed by atoms with van der Waals surface area (Å²) >= 11 is 0. The molecule has 4 rings (SSSR count). The lowest BCUT2D eigenvalue weighted by atomic mass is 10.2. The summed E-state index contributed by atoms with van der Waals surface area (Å²) in [6.07, 6.45) is 1.85. The van der Waals surface area contributed by atoms with Gasteiger partial charge >= 0.3 is 0 Å². The number of amides is 1. The predicted octanol–water partition coefficient (Wildman–Crippen LogP) is 4.25. The molecule has 0 radical (unpaired) electrons. The molecule has 1 N–H and O–H groups in total. The normalized spacial score (nSPS) is 14.1. The zero-order valence-electron chi connectivity index (χ0n) is 12.9. The Bertz CT molecular complexity index is 915. The van der Waals surface area contributed by atoms with Crippen LogP contribution < -0.4 is 0 Å². The third-order valence-corrected chi connectivity index (χ3v) is 4.36. The summed E-state index contributed by atoms with van der Waals surface area (Å²) in [6.45, 7) is 0.236. The maximum Gasteiger partial charge on any atom is 0.270 e. The minimum Gasteiger partial charge on any atom is -0.351 e. The first-order chi connectivity index (χ1) is 11.6. The van der Waals surface area contributed by atoms with Gasteiger partial charge in [0.2, 0.25) is 0 Å². The summed E-state index contributed by atoms with van der Waals surface area (Å²) in [6, 6.07) is 12.6. The van der Waals surface area contributed by atoms with Crippen molar-refractivity contribution in [1.29, 1.82) is 0 Å². The van der Waals surface area contributed by atoms with E-state index in [4.69, 9.17) is 0 Å². The van der Waals surface area contributed by atoms with Gasteiger partial charge in [0.25, 0.3) is 5.91 Å². The maximum atomic E-state index is 13.9. The maximum absolute atomic E-state index is 13.9. The molecule has 0 spiro atoms. The molecule has 122 valence electrons. The topological polar surface area (TPSA) is 36.1 Å². The van der Waals surface area contributed by atoms with E-state index in [2.05, 4.69) is 4.98 Å². The molecule has 1 aromatic heterocycles. The van der Waals surface area contributed by atoms with Gasteiger partial charge in [0.15, 0.2) is 0 Å². The quantitative estimate of drug-likeness (QED) is 0.764. The number of fused-ring (bicyclic) bond motifs is 1. The number of carbonyl (C=O) groups is 1. The highest BCUT2D eigenvalue weighted by Gasteiger charge is 2.34. The SMILES string of the molecule is O=C(c1cc2cc(F)ccc2[nH]1)N(Cc1ccccc1F)C1CC1. The van der Waals surface area contributed by atoms with Gasteiger partial charge in [-0.05, 0) is 43.2 Å². The largest absolute Gasteiger partial charge is 0.351 e. The summed E-state index contributed by atoms with van der Waals surface area (Å²) in [4.78, 5) is 17.6. The number of rotatable bonds is 4. The van der Waals surface area contributed by atoms with Crippen LogP contribution >= 0.6 is 0 Å². The van der Waals surface area contributed by atoms with Gasteiger partial charge < -0.3 is 9.88 Å². The number of hydrogen-bond donors (Lipinski definition) is 1. The lowest BCUT2D eigenvalue weighted by Gasteiger charge is -2.22. The monoisotopic (exact) mass is 326 g/mol. The number of carbonyl (C=O) groups excluding carboxylic acids is 1. The molecule has 0 atom stereocenters. The summed E-state index contributed by atoms with van der Waals surface area (Å²) < 4.78 is 27.2. The highest BCUT2D eigenvalue weighted by Crippen LogP contribution is 2.30. The first kappa shape index (κ1) is 14.9. The van der Waals surface area contributed by atoms with Crippen LogP contribution in [0, 0.1) is 11.6 Å². The number of halogens is 2. The van der Waals surface area contributed by atoms with Crippen LogP contribution in [0.5, 0.6) is 0 Å². The van der Waals surface area contributed by atoms with Crippen LogP contribution in [0.15, 0.2) is 48.5 Å². The van der Waals surface area contributed by atoms with E-state index in [1.807, 2.05) is 0 Å². The van der Waals surface area contributed by atoms with Crippen LogP contribution in [-0.4, -0.2) is 21.8 Å². The van der Waals surface area contributed by atoms with Crippen molar-refractivity contribution in [2.24, 2.45) is 0 Å². The highest BCUT2D eigenvalue weighted by atomic mass is 19.1. The first-order valence-electron chi connectivity index (χ1n) is 7.94. The Morgan fingerprint density at radius 3 is 2.67 bits per heavy atom.